The highest BCUT2D eigenvalue weighted by Gasteiger charge is 2.41. The average Bonchev–Trinajstić information content (AvgIpc) is 3.56. The molecule has 0 saturated carbocycles. The number of hydrogen-bond donors (Lipinski definition) is 2. The molecule has 2 atom stereocenters. The Kier molecular flexibility index (Phi) is 9.21. The normalized spacial score (nSPS) is 16.7. The van der Waals surface area contributed by atoms with Crippen LogP contribution in [0.2, 0.25) is 5.02 Å². The number of sulfone groups is 1. The molecule has 0 bridgehead atoms. The first-order chi connectivity index (χ1) is 22.2. The van der Waals surface area contributed by atoms with Crippen molar-refractivity contribution in [1.82, 2.24) is 15.3 Å². The lowest BCUT2D eigenvalue weighted by molar-refractivity contribution is 0.00893. The first-order valence-corrected chi connectivity index (χ1v) is 16.8. The van der Waals surface area contributed by atoms with Gasteiger partial charge in [-0.3, -0.25) is 0 Å². The molecule has 2 heterocycles. The standard InChI is InChI=1S/C35H32ClFN4O4S/c1-24(38-16-18-46(42,43)29-9-3-2-4-10-29)35(15-6-17-45-35)26-11-13-32-30(20-26)34(40-23-39-32)41-28-12-14-33(31(36)21-28)44-22-25-7-5-8-27(37)19-25/h2-14,17,19-21,23-24,38H,15-16,18,22H2,1H3,(H,39,40,41). The fourth-order valence-electron chi connectivity index (χ4n) is 5.52. The average molecular weight is 659 g/mol. The Hall–Kier alpha value is -4.51. The maximum Gasteiger partial charge on any atom is 0.179 e. The predicted molar refractivity (Wildman–Crippen MR) is 177 cm³/mol. The van der Waals surface area contributed by atoms with Crippen LogP contribution in [0.25, 0.3) is 10.9 Å². The lowest BCUT2D eigenvalue weighted by atomic mass is 9.84. The second-order valence-corrected chi connectivity index (χ2v) is 13.6. The van der Waals surface area contributed by atoms with E-state index in [1.165, 1.54) is 18.5 Å². The summed E-state index contributed by atoms with van der Waals surface area (Å²) in [7, 11) is -3.43. The highest BCUT2D eigenvalue weighted by molar-refractivity contribution is 7.91. The van der Waals surface area contributed by atoms with Crippen LogP contribution in [0.1, 0.15) is 24.5 Å². The first-order valence-electron chi connectivity index (χ1n) is 14.8. The topological polar surface area (TPSA) is 102 Å². The SMILES string of the molecule is CC(NCCS(=O)(=O)c1ccccc1)C1(c2ccc3ncnc(Nc4ccc(OCc5cccc(F)c5)c(Cl)c4)c3c2)CC=CO1. The number of anilines is 2. The van der Waals surface area contributed by atoms with Gasteiger partial charge in [-0.05, 0) is 78.7 Å². The molecule has 2 unspecified atom stereocenters. The largest absolute Gasteiger partial charge is 0.489 e. The zero-order valence-electron chi connectivity index (χ0n) is 25.0. The van der Waals surface area contributed by atoms with Gasteiger partial charge in [-0.15, -0.1) is 0 Å². The molecule has 6 rings (SSSR count). The predicted octanol–water partition coefficient (Wildman–Crippen LogP) is 7.33. The van der Waals surface area contributed by atoms with E-state index in [0.717, 1.165) is 16.5 Å². The molecule has 5 aromatic rings. The van der Waals surface area contributed by atoms with Crippen molar-refractivity contribution in [2.45, 2.75) is 36.5 Å². The number of nitrogens with one attached hydrogen (secondary N) is 2. The fraction of sp³-hybridized carbons (Fsp3) is 0.200. The second-order valence-electron chi connectivity index (χ2n) is 11.0. The van der Waals surface area contributed by atoms with Gasteiger partial charge in [0.05, 0.1) is 27.4 Å². The summed E-state index contributed by atoms with van der Waals surface area (Å²) in [6.07, 6.45) is 5.73. The van der Waals surface area contributed by atoms with Crippen molar-refractivity contribution in [2.75, 3.05) is 17.6 Å². The molecule has 11 heteroatoms. The first kappa shape index (κ1) is 31.5. The van der Waals surface area contributed by atoms with E-state index in [-0.39, 0.29) is 30.8 Å². The Bertz CT molecular complexity index is 1980. The number of benzene rings is 4. The lowest BCUT2D eigenvalue weighted by Crippen LogP contribution is -2.47. The number of ether oxygens (including phenoxy) is 2. The molecule has 1 aliphatic heterocycles. The minimum absolute atomic E-state index is 0.0400. The van der Waals surface area contributed by atoms with Crippen LogP contribution in [-0.2, 0) is 26.8 Å². The van der Waals surface area contributed by atoms with E-state index in [0.29, 0.717) is 39.2 Å². The molecule has 46 heavy (non-hydrogen) atoms. The summed E-state index contributed by atoms with van der Waals surface area (Å²) in [5, 5.41) is 7.90. The van der Waals surface area contributed by atoms with Gasteiger partial charge in [0.1, 0.15) is 30.3 Å². The Morgan fingerprint density at radius 2 is 1.87 bits per heavy atom. The number of halogens is 2. The third-order valence-electron chi connectivity index (χ3n) is 8.02. The Labute approximate surface area is 272 Å². The van der Waals surface area contributed by atoms with Gasteiger partial charge in [-0.25, -0.2) is 22.8 Å². The smallest absolute Gasteiger partial charge is 0.179 e. The number of rotatable bonds is 12. The van der Waals surface area contributed by atoms with Gasteiger partial charge in [-0.1, -0.05) is 48.0 Å². The summed E-state index contributed by atoms with van der Waals surface area (Å²) in [4.78, 5) is 9.27. The van der Waals surface area contributed by atoms with Crippen molar-refractivity contribution in [3.63, 3.8) is 0 Å². The molecule has 1 aromatic heterocycles. The molecule has 236 valence electrons. The number of aromatic nitrogens is 2. The van der Waals surface area contributed by atoms with E-state index in [9.17, 15) is 12.8 Å². The minimum atomic E-state index is -3.43. The zero-order valence-corrected chi connectivity index (χ0v) is 26.6. The van der Waals surface area contributed by atoms with Crippen molar-refractivity contribution < 1.29 is 22.3 Å². The molecule has 0 fully saturated rings. The van der Waals surface area contributed by atoms with E-state index in [1.54, 1.807) is 60.9 Å². The van der Waals surface area contributed by atoms with E-state index < -0.39 is 15.4 Å². The maximum absolute atomic E-state index is 13.5. The summed E-state index contributed by atoms with van der Waals surface area (Å²) >= 11 is 6.54. The highest BCUT2D eigenvalue weighted by atomic mass is 35.5. The molecule has 0 saturated heterocycles. The molecular formula is C35H32ClFN4O4S. The summed E-state index contributed by atoms with van der Waals surface area (Å²) in [5.74, 6) is 0.680. The van der Waals surface area contributed by atoms with E-state index in [2.05, 4.69) is 20.6 Å². The second kappa shape index (κ2) is 13.5. The molecular weight excluding hydrogens is 627 g/mol. The van der Waals surface area contributed by atoms with Crippen LogP contribution in [-0.4, -0.2) is 36.7 Å². The fourth-order valence-corrected chi connectivity index (χ4v) is 6.94. The van der Waals surface area contributed by atoms with E-state index >= 15 is 0 Å². The van der Waals surface area contributed by atoms with Gasteiger partial charge in [0, 0.05) is 30.1 Å². The molecule has 0 amide bonds. The zero-order chi connectivity index (χ0) is 32.1. The van der Waals surface area contributed by atoms with Crippen molar-refractivity contribution in [3.8, 4) is 5.75 Å². The molecule has 0 radical (unpaired) electrons. The molecule has 4 aromatic carbocycles. The Balaban J connectivity index is 1.19. The maximum atomic E-state index is 13.5. The molecule has 0 aliphatic carbocycles. The van der Waals surface area contributed by atoms with Crippen molar-refractivity contribution in [1.29, 1.82) is 0 Å². The third kappa shape index (κ3) is 6.84. The molecule has 2 N–H and O–H groups in total. The number of fused-ring (bicyclic) bond motifs is 1. The monoisotopic (exact) mass is 658 g/mol. The van der Waals surface area contributed by atoms with Gasteiger partial charge in [-0.2, -0.15) is 0 Å². The number of hydrogen-bond acceptors (Lipinski definition) is 8. The van der Waals surface area contributed by atoms with Crippen LogP contribution in [0.5, 0.6) is 5.75 Å². The van der Waals surface area contributed by atoms with Crippen LogP contribution in [0, 0.1) is 5.82 Å². The Morgan fingerprint density at radius 1 is 1.02 bits per heavy atom. The van der Waals surface area contributed by atoms with Crippen molar-refractivity contribution in [3.05, 3.63) is 132 Å². The highest BCUT2D eigenvalue weighted by Crippen LogP contribution is 2.40. The molecule has 1 aliphatic rings. The number of nitrogens with zero attached hydrogens (tertiary/aromatic N) is 2. The van der Waals surface area contributed by atoms with Crippen LogP contribution < -0.4 is 15.4 Å². The quantitative estimate of drug-likeness (QED) is 0.144. The van der Waals surface area contributed by atoms with Gasteiger partial charge >= 0.3 is 0 Å². The van der Waals surface area contributed by atoms with Crippen LogP contribution >= 0.6 is 11.6 Å². The Morgan fingerprint density at radius 3 is 2.63 bits per heavy atom. The van der Waals surface area contributed by atoms with Gasteiger partial charge < -0.3 is 20.1 Å². The van der Waals surface area contributed by atoms with E-state index in [4.69, 9.17) is 21.1 Å². The van der Waals surface area contributed by atoms with Crippen LogP contribution in [0.4, 0.5) is 15.9 Å². The van der Waals surface area contributed by atoms with Crippen molar-refractivity contribution >= 4 is 43.8 Å². The summed E-state index contributed by atoms with van der Waals surface area (Å²) < 4.78 is 51.2. The minimum Gasteiger partial charge on any atom is -0.489 e. The third-order valence-corrected chi connectivity index (χ3v) is 10.0. The van der Waals surface area contributed by atoms with Gasteiger partial charge in [0.2, 0.25) is 0 Å². The van der Waals surface area contributed by atoms with E-state index in [1.807, 2.05) is 37.3 Å². The van der Waals surface area contributed by atoms with Crippen LogP contribution in [0.15, 0.2) is 115 Å². The lowest BCUT2D eigenvalue weighted by Gasteiger charge is -2.36. The molecule has 0 spiro atoms. The van der Waals surface area contributed by atoms with Gasteiger partial charge in [0.25, 0.3) is 0 Å². The van der Waals surface area contributed by atoms with Gasteiger partial charge in [0.15, 0.2) is 15.4 Å². The van der Waals surface area contributed by atoms with Crippen LogP contribution in [0.3, 0.4) is 0 Å². The summed E-state index contributed by atoms with van der Waals surface area (Å²) in [5.41, 5.74) is 2.26. The summed E-state index contributed by atoms with van der Waals surface area (Å²) in [6, 6.07) is 25.7. The van der Waals surface area contributed by atoms with Crippen molar-refractivity contribution in [2.24, 2.45) is 0 Å². The molecule has 8 nitrogen and oxygen atoms in total. The summed E-state index contributed by atoms with van der Waals surface area (Å²) in [6.45, 7) is 2.43.